The minimum atomic E-state index is -1.04. The van der Waals surface area contributed by atoms with Gasteiger partial charge in [0.15, 0.2) is 0 Å². The van der Waals surface area contributed by atoms with Crippen LogP contribution in [0.2, 0.25) is 0 Å². The monoisotopic (exact) mass is 1140 g/mol. The Bertz CT molecular complexity index is 3100. The number of carbonyl (C=O) groups excluding carboxylic acids is 5. The van der Waals surface area contributed by atoms with Crippen molar-refractivity contribution < 1.29 is 38.6 Å². The molecule has 4 aromatic carbocycles. The molecule has 0 bridgehead atoms. The van der Waals surface area contributed by atoms with Gasteiger partial charge in [0.2, 0.25) is 23.6 Å². The molecule has 4 amide bonds. The SMILES string of the molecule is Cc1cc(CCC[C@H](CC(=O)O)C(=O)N[C@H](C(=O)N[C@H](C)c2ccncc2)C(C)(C)C)ccc1-c1ccccc1.Cc1cc(CCC[C@H](CC(=O)OC(C)(C)C)C(=O)N[C@H](C(=O)N[C@H](C)c2ccncc2)C(C)(C)C)ccc1-c1ccccc1. The molecule has 0 aliphatic rings. The van der Waals surface area contributed by atoms with Crippen LogP contribution in [0.25, 0.3) is 22.3 Å². The van der Waals surface area contributed by atoms with Gasteiger partial charge in [-0.15, -0.1) is 0 Å². The van der Waals surface area contributed by atoms with Crippen LogP contribution in [0.4, 0.5) is 0 Å². The van der Waals surface area contributed by atoms with Gasteiger partial charge in [-0.2, -0.15) is 0 Å². The maximum atomic E-state index is 13.8. The van der Waals surface area contributed by atoms with Gasteiger partial charge < -0.3 is 31.1 Å². The second kappa shape index (κ2) is 31.1. The van der Waals surface area contributed by atoms with Crippen molar-refractivity contribution in [3.05, 3.63) is 179 Å². The number of aromatic nitrogens is 2. The standard InChI is InChI=1S/C37H49N3O4.C33H41N3O4/c1-25-23-27(17-18-31(25)29-14-10-9-11-15-29)13-12-16-30(24-32(41)44-37(6,7)8)34(42)40-33(36(3,4)5)35(43)39-26(2)28-19-21-38-22-20-28;1-22-20-24(14-15-28(22)26-11-7-6-8-12-26)10-9-13-27(21-29(37)38)31(39)36-30(33(3,4)5)32(40)35-23(2)25-16-18-34-19-17-25/h9-11,14-15,17-23,26,30,33H,12-13,16,24H2,1-8H3,(H,39,43)(H,40,42);6-8,11-12,14-20,23,27,30H,9-10,13,21H2,1-5H3,(H,35,40)(H,36,39)(H,37,38)/t26-,30-,33-;23-,27-,30-/m11/s1. The number of benzene rings is 4. The first-order chi connectivity index (χ1) is 39.6. The maximum absolute atomic E-state index is 13.8. The average molecular weight is 1140 g/mol. The zero-order valence-corrected chi connectivity index (χ0v) is 51.7. The maximum Gasteiger partial charge on any atom is 0.307 e. The molecular weight excluding hydrogens is 1050 g/mol. The van der Waals surface area contributed by atoms with E-state index in [-0.39, 0.29) is 42.6 Å². The predicted molar refractivity (Wildman–Crippen MR) is 333 cm³/mol. The normalized spacial score (nSPS) is 13.7. The highest BCUT2D eigenvalue weighted by atomic mass is 16.6. The van der Waals surface area contributed by atoms with E-state index in [1.54, 1.807) is 24.8 Å². The molecule has 14 nitrogen and oxygen atoms in total. The largest absolute Gasteiger partial charge is 0.481 e. The van der Waals surface area contributed by atoms with E-state index >= 15 is 0 Å². The zero-order chi connectivity index (χ0) is 61.8. The van der Waals surface area contributed by atoms with Crippen LogP contribution in [0.1, 0.15) is 160 Å². The van der Waals surface area contributed by atoms with Crippen LogP contribution < -0.4 is 21.3 Å². The molecule has 2 aromatic heterocycles. The van der Waals surface area contributed by atoms with Gasteiger partial charge in [-0.25, -0.2) is 0 Å². The molecule has 0 spiro atoms. The summed E-state index contributed by atoms with van der Waals surface area (Å²) >= 11 is 0. The van der Waals surface area contributed by atoms with Crippen molar-refractivity contribution in [2.24, 2.45) is 22.7 Å². The van der Waals surface area contributed by atoms with E-state index in [1.807, 2.05) is 137 Å². The Morgan fingerprint density at radius 2 is 0.857 bits per heavy atom. The number of hydrogen-bond donors (Lipinski definition) is 5. The first kappa shape index (κ1) is 66.8. The molecule has 0 radical (unpaired) electrons. The lowest BCUT2D eigenvalue weighted by molar-refractivity contribution is -0.157. The summed E-state index contributed by atoms with van der Waals surface area (Å²) < 4.78 is 5.57. The van der Waals surface area contributed by atoms with Crippen LogP contribution in [0.15, 0.2) is 146 Å². The molecule has 0 fully saturated rings. The molecule has 5 N–H and O–H groups in total. The van der Waals surface area contributed by atoms with Crippen molar-refractivity contribution >= 4 is 35.6 Å². The Balaban J connectivity index is 0.000000309. The molecule has 0 aliphatic carbocycles. The van der Waals surface area contributed by atoms with Gasteiger partial charge in [0.05, 0.1) is 24.9 Å². The number of nitrogens with one attached hydrogen (secondary N) is 4. The number of pyridine rings is 2. The van der Waals surface area contributed by atoms with Gasteiger partial charge in [-0.1, -0.05) is 139 Å². The molecule has 84 heavy (non-hydrogen) atoms. The number of rotatable bonds is 24. The molecule has 0 saturated heterocycles. The third kappa shape index (κ3) is 21.6. The Hall–Kier alpha value is -8.00. The van der Waals surface area contributed by atoms with Crippen LogP contribution in [0.3, 0.4) is 0 Å². The summed E-state index contributed by atoms with van der Waals surface area (Å²) in [6.07, 6.45) is 10.1. The highest BCUT2D eigenvalue weighted by Gasteiger charge is 2.37. The molecule has 0 unspecified atom stereocenters. The van der Waals surface area contributed by atoms with Crippen LogP contribution >= 0.6 is 0 Å². The quantitative estimate of drug-likeness (QED) is 0.0363. The van der Waals surface area contributed by atoms with Crippen molar-refractivity contribution in [2.45, 2.75) is 171 Å². The van der Waals surface area contributed by atoms with Crippen molar-refractivity contribution in [3.63, 3.8) is 0 Å². The van der Waals surface area contributed by atoms with Crippen LogP contribution in [0.5, 0.6) is 0 Å². The number of aryl methyl sites for hydroxylation is 4. The molecule has 14 heteroatoms. The second-order valence-corrected chi connectivity index (χ2v) is 25.2. The fourth-order valence-electron chi connectivity index (χ4n) is 10.1. The van der Waals surface area contributed by atoms with Gasteiger partial charge in [0.25, 0.3) is 0 Å². The topological polar surface area (TPSA) is 206 Å². The lowest BCUT2D eigenvalue weighted by Gasteiger charge is -2.33. The van der Waals surface area contributed by atoms with Crippen LogP contribution in [0, 0.1) is 36.5 Å². The van der Waals surface area contributed by atoms with Crippen molar-refractivity contribution in [1.82, 2.24) is 31.2 Å². The zero-order valence-electron chi connectivity index (χ0n) is 51.7. The fraction of sp³-hybridized carbons (Fsp3) is 0.429. The van der Waals surface area contributed by atoms with Gasteiger partial charge >= 0.3 is 11.9 Å². The Morgan fingerprint density at radius 3 is 1.19 bits per heavy atom. The smallest absolute Gasteiger partial charge is 0.307 e. The molecule has 2 heterocycles. The van der Waals surface area contributed by atoms with E-state index in [0.29, 0.717) is 25.7 Å². The summed E-state index contributed by atoms with van der Waals surface area (Å²) in [6.45, 7) is 24.8. The summed E-state index contributed by atoms with van der Waals surface area (Å²) in [4.78, 5) is 86.3. The number of carboxylic acid groups (broad SMARTS) is 1. The summed E-state index contributed by atoms with van der Waals surface area (Å²) in [5.41, 5.74) is 9.41. The lowest BCUT2D eigenvalue weighted by atomic mass is 9.85. The highest BCUT2D eigenvalue weighted by molar-refractivity contribution is 5.91. The van der Waals surface area contributed by atoms with Gasteiger partial charge in [-0.05, 0) is 178 Å². The van der Waals surface area contributed by atoms with Crippen LogP contribution in [-0.2, 0) is 46.3 Å². The van der Waals surface area contributed by atoms with Crippen molar-refractivity contribution in [3.8, 4) is 22.3 Å². The average Bonchev–Trinajstić information content (AvgIpc) is 3.57. The molecule has 6 rings (SSSR count). The number of amides is 4. The van der Waals surface area contributed by atoms with E-state index in [1.165, 1.54) is 33.4 Å². The van der Waals surface area contributed by atoms with Gasteiger partial charge in [0, 0.05) is 36.6 Å². The Morgan fingerprint density at radius 1 is 0.488 bits per heavy atom. The van der Waals surface area contributed by atoms with Crippen molar-refractivity contribution in [2.75, 3.05) is 0 Å². The van der Waals surface area contributed by atoms with E-state index in [0.717, 1.165) is 35.1 Å². The summed E-state index contributed by atoms with van der Waals surface area (Å²) in [6, 6.07) is 38.5. The van der Waals surface area contributed by atoms with E-state index in [9.17, 15) is 33.9 Å². The molecule has 0 aliphatic heterocycles. The number of carboxylic acids is 1. The molecule has 0 saturated carbocycles. The van der Waals surface area contributed by atoms with Gasteiger partial charge in [-0.3, -0.25) is 38.7 Å². The number of nitrogens with zero attached hydrogens (tertiary/aromatic N) is 2. The fourth-order valence-corrected chi connectivity index (χ4v) is 10.1. The van der Waals surface area contributed by atoms with Crippen LogP contribution in [-0.4, -0.2) is 68.3 Å². The Kier molecular flexibility index (Phi) is 24.7. The third-order valence-electron chi connectivity index (χ3n) is 14.7. The lowest BCUT2D eigenvalue weighted by Crippen LogP contribution is -2.55. The molecule has 448 valence electrons. The molecule has 6 aromatic rings. The van der Waals surface area contributed by atoms with E-state index in [2.05, 4.69) is 106 Å². The molecule has 6 atom stereocenters. The predicted octanol–water partition coefficient (Wildman–Crippen LogP) is 13.0. The number of ether oxygens (including phenoxy) is 1. The number of aliphatic carboxylic acids is 1. The van der Waals surface area contributed by atoms with Crippen molar-refractivity contribution in [1.29, 1.82) is 0 Å². The summed E-state index contributed by atoms with van der Waals surface area (Å²) in [7, 11) is 0. The van der Waals surface area contributed by atoms with Gasteiger partial charge in [0.1, 0.15) is 17.7 Å². The minimum absolute atomic E-state index is 0.0546. The van der Waals surface area contributed by atoms with E-state index in [4.69, 9.17) is 4.74 Å². The highest BCUT2D eigenvalue weighted by Crippen LogP contribution is 2.29. The minimum Gasteiger partial charge on any atom is -0.481 e. The number of carbonyl (C=O) groups is 6. The summed E-state index contributed by atoms with van der Waals surface area (Å²) in [5.74, 6) is -4.16. The molecular formula is C70H90N6O8. The Labute approximate surface area is 498 Å². The number of esters is 1. The third-order valence-corrected chi connectivity index (χ3v) is 14.7. The van der Waals surface area contributed by atoms with E-state index < -0.39 is 58.2 Å². The summed E-state index contributed by atoms with van der Waals surface area (Å²) in [5, 5.41) is 21.4. The number of hydrogen-bond acceptors (Lipinski definition) is 9. The second-order valence-electron chi connectivity index (χ2n) is 25.2. The first-order valence-electron chi connectivity index (χ1n) is 29.3. The first-order valence-corrected chi connectivity index (χ1v) is 29.3.